The summed E-state index contributed by atoms with van der Waals surface area (Å²) in [6.07, 6.45) is 0.763. The van der Waals surface area contributed by atoms with Crippen molar-refractivity contribution in [3.63, 3.8) is 0 Å². The third-order valence-corrected chi connectivity index (χ3v) is 6.68. The van der Waals surface area contributed by atoms with Crippen LogP contribution in [0.4, 0.5) is 4.79 Å². The predicted octanol–water partition coefficient (Wildman–Crippen LogP) is 2.12. The number of carbonyl (C=O) groups is 1. The molecule has 0 atom stereocenters. The molecule has 8 heteroatoms. The molecule has 1 aromatic carbocycles. The number of benzene rings is 1. The summed E-state index contributed by atoms with van der Waals surface area (Å²) in [7, 11) is -2.12. The van der Waals surface area contributed by atoms with Gasteiger partial charge in [0.15, 0.2) is 0 Å². The summed E-state index contributed by atoms with van der Waals surface area (Å²) in [5.74, 6) is 0.502. The van der Waals surface area contributed by atoms with Crippen molar-refractivity contribution in [2.24, 2.45) is 4.40 Å². The Bertz CT molecular complexity index is 934. The van der Waals surface area contributed by atoms with Gasteiger partial charge in [0.1, 0.15) is 10.7 Å². The van der Waals surface area contributed by atoms with Gasteiger partial charge in [-0.2, -0.15) is 8.42 Å². The number of aryl methyl sites for hydroxylation is 2. The van der Waals surface area contributed by atoms with Gasteiger partial charge < -0.3 is 15.1 Å². The fraction of sp³-hybridized carbons (Fsp3) is 0.474. The third kappa shape index (κ3) is 3.71. The molecule has 1 aromatic rings. The highest BCUT2D eigenvalue weighted by Gasteiger charge is 2.34. The molecule has 0 aliphatic carbocycles. The Labute approximate surface area is 160 Å². The van der Waals surface area contributed by atoms with E-state index >= 15 is 0 Å². The summed E-state index contributed by atoms with van der Waals surface area (Å²) >= 11 is 0. The van der Waals surface area contributed by atoms with Crippen molar-refractivity contribution in [3.05, 3.63) is 40.5 Å². The molecule has 7 nitrogen and oxygen atoms in total. The second kappa shape index (κ2) is 7.34. The number of hydrogen-bond donors (Lipinski definition) is 1. The van der Waals surface area contributed by atoms with Crippen LogP contribution in [-0.2, 0) is 10.0 Å². The highest BCUT2D eigenvalue weighted by molar-refractivity contribution is 8.00. The van der Waals surface area contributed by atoms with Crippen LogP contribution in [0.3, 0.4) is 0 Å². The topological polar surface area (TPSA) is 82.1 Å². The van der Waals surface area contributed by atoms with Crippen LogP contribution in [0.15, 0.2) is 28.2 Å². The second-order valence-electron chi connectivity index (χ2n) is 7.03. The van der Waals surface area contributed by atoms with Gasteiger partial charge in [0, 0.05) is 38.8 Å². The Hall–Kier alpha value is -2.35. The number of rotatable bonds is 1. The Morgan fingerprint density at radius 1 is 1.07 bits per heavy atom. The van der Waals surface area contributed by atoms with Crippen molar-refractivity contribution in [1.82, 2.24) is 15.1 Å². The second-order valence-corrected chi connectivity index (χ2v) is 8.57. The first-order valence-electron chi connectivity index (χ1n) is 9.10. The van der Waals surface area contributed by atoms with E-state index in [2.05, 4.69) is 9.71 Å². The highest BCUT2D eigenvalue weighted by Crippen LogP contribution is 2.34. The molecule has 0 bridgehead atoms. The summed E-state index contributed by atoms with van der Waals surface area (Å²) in [4.78, 5) is 15.9. The third-order valence-electron chi connectivity index (χ3n) is 5.21. The monoisotopic (exact) mass is 390 g/mol. The summed E-state index contributed by atoms with van der Waals surface area (Å²) in [5.41, 5.74) is 3.52. The Kier molecular flexibility index (Phi) is 5.28. The van der Waals surface area contributed by atoms with E-state index in [9.17, 15) is 13.2 Å². The molecule has 0 radical (unpaired) electrons. The fourth-order valence-corrected chi connectivity index (χ4v) is 5.03. The zero-order valence-electron chi connectivity index (χ0n) is 16.2. The predicted molar refractivity (Wildman–Crippen MR) is 107 cm³/mol. The van der Waals surface area contributed by atoms with Gasteiger partial charge in [0.05, 0.1) is 0 Å². The molecule has 0 unspecified atom stereocenters. The van der Waals surface area contributed by atoms with E-state index in [-0.39, 0.29) is 10.9 Å². The number of carbonyl (C=O) groups excluding carboxylic acids is 1. The minimum atomic E-state index is -3.73. The Balaban J connectivity index is 1.91. The smallest absolute Gasteiger partial charge is 0.317 e. The van der Waals surface area contributed by atoms with Crippen molar-refractivity contribution >= 4 is 26.8 Å². The lowest BCUT2D eigenvalue weighted by Crippen LogP contribution is -2.41. The van der Waals surface area contributed by atoms with Gasteiger partial charge in [-0.1, -0.05) is 18.2 Å². The van der Waals surface area contributed by atoms with Gasteiger partial charge in [-0.25, -0.2) is 4.79 Å². The van der Waals surface area contributed by atoms with Crippen molar-refractivity contribution in [2.45, 2.75) is 27.2 Å². The van der Waals surface area contributed by atoms with Gasteiger partial charge in [-0.3, -0.25) is 0 Å². The van der Waals surface area contributed by atoms with Crippen molar-refractivity contribution in [2.75, 3.05) is 33.2 Å². The zero-order chi connectivity index (χ0) is 19.8. The van der Waals surface area contributed by atoms with E-state index in [1.807, 2.05) is 43.9 Å². The van der Waals surface area contributed by atoms with Gasteiger partial charge in [-0.05, 0) is 43.9 Å². The van der Waals surface area contributed by atoms with Crippen LogP contribution in [0, 0.1) is 13.8 Å². The molecule has 27 heavy (non-hydrogen) atoms. The molecular weight excluding hydrogens is 364 g/mol. The quantitative estimate of drug-likeness (QED) is 0.796. The highest BCUT2D eigenvalue weighted by atomic mass is 32.2. The first-order chi connectivity index (χ1) is 12.7. The number of sulfonamides is 1. The number of nitrogens with one attached hydrogen (secondary N) is 1. The van der Waals surface area contributed by atoms with Crippen molar-refractivity contribution < 1.29 is 13.2 Å². The molecule has 0 saturated carbocycles. The average molecular weight is 391 g/mol. The first kappa shape index (κ1) is 19.4. The van der Waals surface area contributed by atoms with Crippen LogP contribution < -0.4 is 5.32 Å². The van der Waals surface area contributed by atoms with Crippen LogP contribution in [0.5, 0.6) is 0 Å². The molecule has 2 aliphatic rings. The number of amides is 2. The molecule has 0 aromatic heterocycles. The van der Waals surface area contributed by atoms with Gasteiger partial charge in [-0.15, -0.1) is 4.40 Å². The molecule has 1 saturated heterocycles. The standard InChI is InChI=1S/C19H26N4O3S/c1-13-6-7-16(12-14(13)2)17-15(3)18(21-27(17,25)26)22-8-5-9-23(11-10-22)19(24)20-4/h6-7,12H,5,8-11H2,1-4H3,(H,20,24). The number of nitrogens with zero attached hydrogens (tertiary/aromatic N) is 3. The molecule has 2 amide bonds. The minimum Gasteiger partial charge on any atom is -0.354 e. The van der Waals surface area contributed by atoms with E-state index < -0.39 is 10.0 Å². The van der Waals surface area contributed by atoms with Crippen LogP contribution >= 0.6 is 0 Å². The number of amidine groups is 1. The van der Waals surface area contributed by atoms with Crippen molar-refractivity contribution in [3.8, 4) is 0 Å². The number of urea groups is 1. The maximum absolute atomic E-state index is 12.8. The van der Waals surface area contributed by atoms with Crippen LogP contribution in [-0.4, -0.2) is 63.3 Å². The summed E-state index contributed by atoms with van der Waals surface area (Å²) in [6, 6.07) is 5.57. The SMILES string of the molecule is CNC(=O)N1CCCN(C2=NS(=O)(=O)C(c3ccc(C)c(C)c3)=C2C)CC1. The lowest BCUT2D eigenvalue weighted by molar-refractivity contribution is 0.202. The summed E-state index contributed by atoms with van der Waals surface area (Å²) < 4.78 is 29.6. The van der Waals surface area contributed by atoms with Gasteiger partial charge in [0.2, 0.25) is 0 Å². The maximum atomic E-state index is 12.8. The lowest BCUT2D eigenvalue weighted by atomic mass is 10.0. The molecule has 1 fully saturated rings. The van der Waals surface area contributed by atoms with E-state index in [0.717, 1.165) is 17.5 Å². The molecule has 1 N–H and O–H groups in total. The Morgan fingerprint density at radius 3 is 2.48 bits per heavy atom. The van der Waals surface area contributed by atoms with Crippen LogP contribution in [0.1, 0.15) is 30.0 Å². The van der Waals surface area contributed by atoms with E-state index in [1.165, 1.54) is 0 Å². The molecule has 0 spiro atoms. The Morgan fingerprint density at radius 2 is 1.81 bits per heavy atom. The normalized spacial score (nSPS) is 19.8. The van der Waals surface area contributed by atoms with Gasteiger partial charge in [0.25, 0.3) is 10.0 Å². The molecule has 146 valence electrons. The van der Waals surface area contributed by atoms with Crippen LogP contribution in [0.25, 0.3) is 4.91 Å². The lowest BCUT2D eigenvalue weighted by Gasteiger charge is -2.23. The maximum Gasteiger partial charge on any atom is 0.317 e. The molecule has 2 heterocycles. The molecular formula is C19H26N4O3S. The van der Waals surface area contributed by atoms with Crippen LogP contribution in [0.2, 0.25) is 0 Å². The first-order valence-corrected chi connectivity index (χ1v) is 10.5. The zero-order valence-corrected chi connectivity index (χ0v) is 17.1. The number of hydrogen-bond acceptors (Lipinski definition) is 4. The fourth-order valence-electron chi connectivity index (χ4n) is 3.56. The van der Waals surface area contributed by atoms with E-state index in [4.69, 9.17) is 0 Å². The van der Waals surface area contributed by atoms with E-state index in [0.29, 0.717) is 43.2 Å². The van der Waals surface area contributed by atoms with Crippen molar-refractivity contribution in [1.29, 1.82) is 0 Å². The largest absolute Gasteiger partial charge is 0.354 e. The summed E-state index contributed by atoms with van der Waals surface area (Å²) in [6.45, 7) is 8.18. The molecule has 3 rings (SSSR count). The minimum absolute atomic E-state index is 0.110. The molecule has 2 aliphatic heterocycles. The summed E-state index contributed by atoms with van der Waals surface area (Å²) in [5, 5.41) is 2.64. The van der Waals surface area contributed by atoms with Gasteiger partial charge >= 0.3 is 6.03 Å². The average Bonchev–Trinajstić information content (AvgIpc) is 2.79. The van der Waals surface area contributed by atoms with E-state index in [1.54, 1.807) is 11.9 Å².